The summed E-state index contributed by atoms with van der Waals surface area (Å²) >= 11 is 0. The lowest BCUT2D eigenvalue weighted by Crippen LogP contribution is -2.46. The van der Waals surface area contributed by atoms with Crippen molar-refractivity contribution in [3.63, 3.8) is 0 Å². The molecule has 1 aliphatic heterocycles. The van der Waals surface area contributed by atoms with Crippen molar-refractivity contribution in [1.29, 1.82) is 0 Å². The van der Waals surface area contributed by atoms with Crippen molar-refractivity contribution < 1.29 is 9.53 Å². The fourth-order valence-electron chi connectivity index (χ4n) is 4.00. The fourth-order valence-corrected chi connectivity index (χ4v) is 4.00. The van der Waals surface area contributed by atoms with Crippen LogP contribution in [0.5, 0.6) is 5.75 Å². The predicted octanol–water partition coefficient (Wildman–Crippen LogP) is 3.87. The number of hydrogen-bond donors (Lipinski definition) is 2. The highest BCUT2D eigenvalue weighted by molar-refractivity contribution is 5.82. The molecular formula is C26H29N3O2. The van der Waals surface area contributed by atoms with Gasteiger partial charge in [-0.05, 0) is 41.7 Å². The van der Waals surface area contributed by atoms with Crippen molar-refractivity contribution >= 4 is 5.91 Å². The molecule has 1 saturated heterocycles. The van der Waals surface area contributed by atoms with Crippen molar-refractivity contribution in [1.82, 2.24) is 15.8 Å². The van der Waals surface area contributed by atoms with Gasteiger partial charge in [0.2, 0.25) is 5.91 Å². The number of nitrogens with zero attached hydrogens (tertiary/aromatic N) is 1. The Hall–Kier alpha value is -3.15. The van der Waals surface area contributed by atoms with Crippen LogP contribution in [0.3, 0.4) is 0 Å². The summed E-state index contributed by atoms with van der Waals surface area (Å²) in [5, 5.41) is 0. The molecular weight excluding hydrogens is 386 g/mol. The highest BCUT2D eigenvalue weighted by Crippen LogP contribution is 2.26. The van der Waals surface area contributed by atoms with Crippen molar-refractivity contribution in [2.24, 2.45) is 0 Å². The second-order valence-electron chi connectivity index (χ2n) is 7.89. The standard InChI is InChI=1S/C26H29N3O2/c1-31-23-14-8-13-22(17-23)24-18-25(28-27-24)26(30)29(19-21-11-6-3-7-12-21)16-15-20-9-4-2-5-10-20/h2-14,17,24-25,27-28H,15-16,18-19H2,1H3. The van der Waals surface area contributed by atoms with Crippen molar-refractivity contribution in [2.75, 3.05) is 13.7 Å². The molecule has 31 heavy (non-hydrogen) atoms. The normalized spacial score (nSPS) is 18.0. The van der Waals surface area contributed by atoms with Crippen LogP contribution in [0, 0.1) is 0 Å². The summed E-state index contributed by atoms with van der Waals surface area (Å²) in [4.78, 5) is 15.4. The minimum Gasteiger partial charge on any atom is -0.497 e. The molecule has 1 fully saturated rings. The maximum atomic E-state index is 13.5. The Kier molecular flexibility index (Phi) is 6.97. The van der Waals surface area contributed by atoms with E-state index < -0.39 is 0 Å². The van der Waals surface area contributed by atoms with Crippen LogP contribution in [0.15, 0.2) is 84.9 Å². The quantitative estimate of drug-likeness (QED) is 0.586. The van der Waals surface area contributed by atoms with Crippen molar-refractivity contribution in [3.05, 3.63) is 102 Å². The number of benzene rings is 3. The van der Waals surface area contributed by atoms with Gasteiger partial charge in [-0.2, -0.15) is 0 Å². The summed E-state index contributed by atoms with van der Waals surface area (Å²) < 4.78 is 5.34. The van der Waals surface area contributed by atoms with Crippen LogP contribution >= 0.6 is 0 Å². The molecule has 1 amide bonds. The van der Waals surface area contributed by atoms with Gasteiger partial charge in [0.05, 0.1) is 7.11 Å². The third-order valence-electron chi connectivity index (χ3n) is 5.74. The van der Waals surface area contributed by atoms with E-state index in [4.69, 9.17) is 4.74 Å². The van der Waals surface area contributed by atoms with Gasteiger partial charge in [0, 0.05) is 19.1 Å². The van der Waals surface area contributed by atoms with Gasteiger partial charge < -0.3 is 9.64 Å². The third kappa shape index (κ3) is 5.51. The van der Waals surface area contributed by atoms with E-state index in [9.17, 15) is 4.79 Å². The number of carbonyl (C=O) groups is 1. The molecule has 2 unspecified atom stereocenters. The zero-order chi connectivity index (χ0) is 21.5. The van der Waals surface area contributed by atoms with Gasteiger partial charge in [0.1, 0.15) is 11.8 Å². The smallest absolute Gasteiger partial charge is 0.241 e. The number of amides is 1. The first-order valence-electron chi connectivity index (χ1n) is 10.7. The highest BCUT2D eigenvalue weighted by atomic mass is 16.5. The van der Waals surface area contributed by atoms with Crippen LogP contribution < -0.4 is 15.6 Å². The largest absolute Gasteiger partial charge is 0.497 e. The van der Waals surface area contributed by atoms with Crippen LogP contribution in [0.1, 0.15) is 29.2 Å². The number of rotatable bonds is 8. The van der Waals surface area contributed by atoms with E-state index in [1.165, 1.54) is 5.56 Å². The molecule has 2 atom stereocenters. The lowest BCUT2D eigenvalue weighted by Gasteiger charge is -2.26. The summed E-state index contributed by atoms with van der Waals surface area (Å²) in [6.45, 7) is 1.29. The predicted molar refractivity (Wildman–Crippen MR) is 122 cm³/mol. The van der Waals surface area contributed by atoms with Gasteiger partial charge in [0.15, 0.2) is 0 Å². The van der Waals surface area contributed by atoms with Gasteiger partial charge in [-0.25, -0.2) is 10.9 Å². The molecule has 2 N–H and O–H groups in total. The molecule has 4 rings (SSSR count). The highest BCUT2D eigenvalue weighted by Gasteiger charge is 2.33. The Labute approximate surface area is 184 Å². The zero-order valence-corrected chi connectivity index (χ0v) is 17.8. The van der Waals surface area contributed by atoms with Crippen LogP contribution in [0.4, 0.5) is 0 Å². The van der Waals surface area contributed by atoms with Gasteiger partial charge in [0.25, 0.3) is 0 Å². The molecule has 0 aromatic heterocycles. The monoisotopic (exact) mass is 415 g/mol. The Morgan fingerprint density at radius 3 is 2.35 bits per heavy atom. The molecule has 5 nitrogen and oxygen atoms in total. The van der Waals surface area contributed by atoms with Gasteiger partial charge in [-0.3, -0.25) is 4.79 Å². The van der Waals surface area contributed by atoms with E-state index in [-0.39, 0.29) is 18.0 Å². The molecule has 0 spiro atoms. The van der Waals surface area contributed by atoms with Crippen LogP contribution in [0.25, 0.3) is 0 Å². The van der Waals surface area contributed by atoms with Crippen LogP contribution in [-0.2, 0) is 17.8 Å². The summed E-state index contributed by atoms with van der Waals surface area (Å²) in [5.41, 5.74) is 10.0. The molecule has 3 aromatic rings. The number of methoxy groups -OCH3 is 1. The lowest BCUT2D eigenvalue weighted by molar-refractivity contribution is -0.133. The average Bonchev–Trinajstić information content (AvgIpc) is 3.33. The molecule has 0 saturated carbocycles. The lowest BCUT2D eigenvalue weighted by atomic mass is 10.0. The molecule has 0 bridgehead atoms. The van der Waals surface area contributed by atoms with Gasteiger partial charge in [-0.15, -0.1) is 0 Å². The number of nitrogens with one attached hydrogen (secondary N) is 2. The first-order chi connectivity index (χ1) is 15.2. The minimum atomic E-state index is -0.268. The van der Waals surface area contributed by atoms with Crippen molar-refractivity contribution in [3.8, 4) is 5.75 Å². The molecule has 1 aliphatic rings. The first kappa shape index (κ1) is 21.1. The average molecular weight is 416 g/mol. The number of ether oxygens (including phenoxy) is 1. The van der Waals surface area contributed by atoms with E-state index in [2.05, 4.69) is 41.2 Å². The Balaban J connectivity index is 1.45. The van der Waals surface area contributed by atoms with Crippen LogP contribution in [0.2, 0.25) is 0 Å². The van der Waals surface area contributed by atoms with Gasteiger partial charge >= 0.3 is 0 Å². The van der Waals surface area contributed by atoms with E-state index in [0.717, 1.165) is 23.3 Å². The molecule has 5 heteroatoms. The molecule has 160 valence electrons. The summed E-state index contributed by atoms with van der Waals surface area (Å²) in [6, 6.07) is 28.3. The molecule has 0 aliphatic carbocycles. The third-order valence-corrected chi connectivity index (χ3v) is 5.74. The van der Waals surface area contributed by atoms with Crippen molar-refractivity contribution in [2.45, 2.75) is 31.5 Å². The second kappa shape index (κ2) is 10.2. The maximum Gasteiger partial charge on any atom is 0.241 e. The SMILES string of the molecule is COc1cccc(C2CC(C(=O)N(CCc3ccccc3)Cc3ccccc3)NN2)c1. The minimum absolute atomic E-state index is 0.0664. The molecule has 0 radical (unpaired) electrons. The van der Waals surface area contributed by atoms with Gasteiger partial charge in [-0.1, -0.05) is 72.8 Å². The van der Waals surface area contributed by atoms with E-state index in [0.29, 0.717) is 19.5 Å². The zero-order valence-electron chi connectivity index (χ0n) is 17.8. The molecule has 3 aromatic carbocycles. The fraction of sp³-hybridized carbons (Fsp3) is 0.269. The van der Waals surface area contributed by atoms with E-state index in [1.54, 1.807) is 7.11 Å². The summed E-state index contributed by atoms with van der Waals surface area (Å²) in [5.74, 6) is 0.945. The van der Waals surface area contributed by atoms with E-state index in [1.807, 2.05) is 59.5 Å². The number of hydrazine groups is 1. The first-order valence-corrected chi connectivity index (χ1v) is 10.7. The summed E-state index contributed by atoms with van der Waals surface area (Å²) in [6.07, 6.45) is 1.53. The Morgan fingerprint density at radius 2 is 1.65 bits per heavy atom. The maximum absolute atomic E-state index is 13.5. The van der Waals surface area contributed by atoms with E-state index >= 15 is 0 Å². The Bertz CT molecular complexity index is 978. The van der Waals surface area contributed by atoms with Crippen LogP contribution in [-0.4, -0.2) is 30.5 Å². The second-order valence-corrected chi connectivity index (χ2v) is 7.89. The summed E-state index contributed by atoms with van der Waals surface area (Å²) in [7, 11) is 1.67. The molecule has 1 heterocycles. The number of carbonyl (C=O) groups excluding carboxylic acids is 1. The topological polar surface area (TPSA) is 53.6 Å². The number of hydrogen-bond acceptors (Lipinski definition) is 4. The Morgan fingerprint density at radius 1 is 0.935 bits per heavy atom.